The Hall–Kier alpha value is -0.930. The molecular formula is C12H16FNO. The van der Waals surface area contributed by atoms with E-state index in [0.717, 1.165) is 24.9 Å². The third kappa shape index (κ3) is 2.03. The molecule has 1 atom stereocenters. The molecule has 1 N–H and O–H groups in total. The molecule has 0 saturated carbocycles. The average molecular weight is 209 g/mol. The van der Waals surface area contributed by atoms with Gasteiger partial charge in [-0.1, -0.05) is 12.1 Å². The molecule has 1 saturated heterocycles. The normalized spacial score (nSPS) is 25.7. The maximum absolute atomic E-state index is 13.2. The highest BCUT2D eigenvalue weighted by atomic mass is 19.1. The molecule has 82 valence electrons. The van der Waals surface area contributed by atoms with Gasteiger partial charge in [0.05, 0.1) is 12.1 Å². The van der Waals surface area contributed by atoms with Crippen molar-refractivity contribution in [3.05, 3.63) is 35.6 Å². The molecule has 2 nitrogen and oxygen atoms in total. The first-order chi connectivity index (χ1) is 7.27. The Labute approximate surface area is 89.4 Å². The third-order valence-electron chi connectivity index (χ3n) is 3.01. The molecule has 2 rings (SSSR count). The molecule has 1 aliphatic heterocycles. The van der Waals surface area contributed by atoms with E-state index in [9.17, 15) is 4.39 Å². The van der Waals surface area contributed by atoms with Crippen LogP contribution in [-0.4, -0.2) is 20.3 Å². The fraction of sp³-hybridized carbons (Fsp3) is 0.500. The van der Waals surface area contributed by atoms with Crippen LogP contribution in [0.2, 0.25) is 0 Å². The lowest BCUT2D eigenvalue weighted by Crippen LogP contribution is -2.41. The fourth-order valence-electron chi connectivity index (χ4n) is 2.29. The Kier molecular flexibility index (Phi) is 3.03. The summed E-state index contributed by atoms with van der Waals surface area (Å²) >= 11 is 0. The topological polar surface area (TPSA) is 21.3 Å². The van der Waals surface area contributed by atoms with E-state index in [2.05, 4.69) is 5.32 Å². The van der Waals surface area contributed by atoms with Gasteiger partial charge in [-0.3, -0.25) is 0 Å². The number of methoxy groups -OCH3 is 1. The van der Waals surface area contributed by atoms with Crippen LogP contribution in [-0.2, 0) is 10.3 Å². The molecule has 0 bridgehead atoms. The molecule has 1 aromatic carbocycles. The summed E-state index contributed by atoms with van der Waals surface area (Å²) in [6, 6.07) is 6.78. The van der Waals surface area contributed by atoms with Crippen LogP contribution in [0.4, 0.5) is 4.39 Å². The highest BCUT2D eigenvalue weighted by molar-refractivity contribution is 5.26. The number of rotatable bonds is 3. The number of nitrogens with one attached hydrogen (secondary N) is 1. The van der Waals surface area contributed by atoms with Crippen LogP contribution in [0.5, 0.6) is 0 Å². The van der Waals surface area contributed by atoms with E-state index in [0.29, 0.717) is 6.61 Å². The van der Waals surface area contributed by atoms with E-state index in [1.54, 1.807) is 19.2 Å². The van der Waals surface area contributed by atoms with Gasteiger partial charge in [-0.2, -0.15) is 0 Å². The third-order valence-corrected chi connectivity index (χ3v) is 3.01. The van der Waals surface area contributed by atoms with Gasteiger partial charge in [0.15, 0.2) is 0 Å². The molecule has 1 aliphatic rings. The van der Waals surface area contributed by atoms with Gasteiger partial charge in [0, 0.05) is 7.11 Å². The van der Waals surface area contributed by atoms with Gasteiger partial charge in [-0.15, -0.1) is 0 Å². The highest BCUT2D eigenvalue weighted by Crippen LogP contribution is 2.31. The van der Waals surface area contributed by atoms with Gasteiger partial charge in [0.2, 0.25) is 0 Å². The Bertz CT molecular complexity index is 334. The van der Waals surface area contributed by atoms with Crippen molar-refractivity contribution in [1.82, 2.24) is 5.32 Å². The number of hydrogen-bond donors (Lipinski definition) is 1. The first-order valence-corrected chi connectivity index (χ1v) is 5.27. The Morgan fingerprint density at radius 2 is 2.40 bits per heavy atom. The molecule has 0 radical (unpaired) electrons. The molecule has 1 heterocycles. The second-order valence-electron chi connectivity index (χ2n) is 4.06. The smallest absolute Gasteiger partial charge is 0.123 e. The van der Waals surface area contributed by atoms with E-state index >= 15 is 0 Å². The summed E-state index contributed by atoms with van der Waals surface area (Å²) in [7, 11) is 1.68. The van der Waals surface area contributed by atoms with Crippen LogP contribution in [0.15, 0.2) is 24.3 Å². The quantitative estimate of drug-likeness (QED) is 0.822. The van der Waals surface area contributed by atoms with Crippen LogP contribution in [0, 0.1) is 5.82 Å². The summed E-state index contributed by atoms with van der Waals surface area (Å²) in [4.78, 5) is 0. The van der Waals surface area contributed by atoms with Gasteiger partial charge in [-0.25, -0.2) is 4.39 Å². The maximum atomic E-state index is 13.2. The van der Waals surface area contributed by atoms with Crippen molar-refractivity contribution in [2.45, 2.75) is 18.4 Å². The number of halogens is 1. The number of ether oxygens (including phenoxy) is 1. The summed E-state index contributed by atoms with van der Waals surface area (Å²) in [5.41, 5.74) is 0.804. The molecule has 0 aromatic heterocycles. The van der Waals surface area contributed by atoms with E-state index < -0.39 is 0 Å². The first-order valence-electron chi connectivity index (χ1n) is 5.27. The lowest BCUT2D eigenvalue weighted by molar-refractivity contribution is 0.119. The zero-order chi connectivity index (χ0) is 10.7. The first kappa shape index (κ1) is 10.6. The van der Waals surface area contributed by atoms with Crippen LogP contribution >= 0.6 is 0 Å². The fourth-order valence-corrected chi connectivity index (χ4v) is 2.29. The average Bonchev–Trinajstić information content (AvgIpc) is 2.68. The Balaban J connectivity index is 2.31. The molecular weight excluding hydrogens is 193 g/mol. The van der Waals surface area contributed by atoms with Crippen LogP contribution < -0.4 is 5.32 Å². The van der Waals surface area contributed by atoms with Gasteiger partial charge < -0.3 is 10.1 Å². The van der Waals surface area contributed by atoms with Crippen molar-refractivity contribution in [1.29, 1.82) is 0 Å². The molecule has 0 aliphatic carbocycles. The van der Waals surface area contributed by atoms with E-state index in [4.69, 9.17) is 4.74 Å². The van der Waals surface area contributed by atoms with Crippen molar-refractivity contribution in [3.63, 3.8) is 0 Å². The lowest BCUT2D eigenvalue weighted by atomic mass is 9.89. The van der Waals surface area contributed by atoms with E-state index in [1.807, 2.05) is 6.07 Å². The SMILES string of the molecule is COCC1(c2cccc(F)c2)CCCN1. The predicted octanol–water partition coefficient (Wildman–Crippen LogP) is 2.05. The van der Waals surface area contributed by atoms with E-state index in [-0.39, 0.29) is 11.4 Å². The summed E-state index contributed by atoms with van der Waals surface area (Å²) in [6.45, 7) is 1.57. The van der Waals surface area contributed by atoms with E-state index in [1.165, 1.54) is 6.07 Å². The molecule has 0 amide bonds. The molecule has 0 spiro atoms. The highest BCUT2D eigenvalue weighted by Gasteiger charge is 2.35. The van der Waals surface area contributed by atoms with Crippen molar-refractivity contribution in [2.24, 2.45) is 0 Å². The van der Waals surface area contributed by atoms with Gasteiger partial charge >= 0.3 is 0 Å². The minimum atomic E-state index is -0.184. The second-order valence-corrected chi connectivity index (χ2v) is 4.06. The van der Waals surface area contributed by atoms with Crippen LogP contribution in [0.25, 0.3) is 0 Å². The molecule has 15 heavy (non-hydrogen) atoms. The largest absolute Gasteiger partial charge is 0.382 e. The lowest BCUT2D eigenvalue weighted by Gasteiger charge is -2.29. The monoisotopic (exact) mass is 209 g/mol. The van der Waals surface area contributed by atoms with Gasteiger partial charge in [0.25, 0.3) is 0 Å². The van der Waals surface area contributed by atoms with Crippen molar-refractivity contribution in [2.75, 3.05) is 20.3 Å². The minimum Gasteiger partial charge on any atom is -0.382 e. The molecule has 3 heteroatoms. The van der Waals surface area contributed by atoms with Crippen molar-refractivity contribution in [3.8, 4) is 0 Å². The van der Waals surface area contributed by atoms with Crippen LogP contribution in [0.3, 0.4) is 0 Å². The second kappa shape index (κ2) is 4.29. The number of benzene rings is 1. The minimum absolute atomic E-state index is 0.184. The standard InChI is InChI=1S/C12H16FNO/c1-15-9-12(6-3-7-14-12)10-4-2-5-11(13)8-10/h2,4-5,8,14H,3,6-7,9H2,1H3. The Morgan fingerprint density at radius 1 is 1.53 bits per heavy atom. The van der Waals surface area contributed by atoms with Crippen molar-refractivity contribution < 1.29 is 9.13 Å². The summed E-state index contributed by atoms with van der Waals surface area (Å²) in [6.07, 6.45) is 2.12. The maximum Gasteiger partial charge on any atom is 0.123 e. The molecule has 1 unspecified atom stereocenters. The van der Waals surface area contributed by atoms with Crippen LogP contribution in [0.1, 0.15) is 18.4 Å². The zero-order valence-corrected chi connectivity index (χ0v) is 8.92. The van der Waals surface area contributed by atoms with Crippen molar-refractivity contribution >= 4 is 0 Å². The van der Waals surface area contributed by atoms with Gasteiger partial charge in [0.1, 0.15) is 5.82 Å². The predicted molar refractivity (Wildman–Crippen MR) is 57.2 cm³/mol. The summed E-state index contributed by atoms with van der Waals surface area (Å²) in [5.74, 6) is -0.184. The zero-order valence-electron chi connectivity index (χ0n) is 8.92. The summed E-state index contributed by atoms with van der Waals surface area (Å²) < 4.78 is 18.4. The summed E-state index contributed by atoms with van der Waals surface area (Å²) in [5, 5.41) is 3.42. The van der Waals surface area contributed by atoms with Gasteiger partial charge in [-0.05, 0) is 37.1 Å². The molecule has 1 fully saturated rings. The Morgan fingerprint density at radius 3 is 3.00 bits per heavy atom. The molecule has 1 aromatic rings. The number of hydrogen-bond acceptors (Lipinski definition) is 2.